The molecule has 5 nitrogen and oxygen atoms in total. The van der Waals surface area contributed by atoms with Crippen molar-refractivity contribution in [3.63, 3.8) is 0 Å². The summed E-state index contributed by atoms with van der Waals surface area (Å²) in [6.07, 6.45) is 1.30. The van der Waals surface area contributed by atoms with Crippen LogP contribution in [0.15, 0.2) is 59.5 Å². The van der Waals surface area contributed by atoms with Gasteiger partial charge in [-0.1, -0.05) is 53.0 Å². The number of rotatable bonds is 4. The molecule has 132 valence electrons. The smallest absolute Gasteiger partial charge is 0.291 e. The maximum atomic E-state index is 12.3. The minimum atomic E-state index is -0.518. The molecule has 0 atom stereocenters. The van der Waals surface area contributed by atoms with Crippen LogP contribution in [0.5, 0.6) is 0 Å². The highest BCUT2D eigenvalue weighted by molar-refractivity contribution is 6.41. The molecule has 0 aliphatic heterocycles. The molecule has 7 heteroatoms. The summed E-state index contributed by atoms with van der Waals surface area (Å²) in [5, 5.41) is 6.82. The lowest BCUT2D eigenvalue weighted by molar-refractivity contribution is 0.0951. The van der Waals surface area contributed by atoms with E-state index in [1.807, 2.05) is 31.2 Å². The van der Waals surface area contributed by atoms with Crippen molar-refractivity contribution in [1.82, 2.24) is 15.1 Å². The summed E-state index contributed by atoms with van der Waals surface area (Å²) in [4.78, 5) is 24.4. The zero-order chi connectivity index (χ0) is 18.7. The monoisotopic (exact) mass is 387 g/mol. The third kappa shape index (κ3) is 3.95. The van der Waals surface area contributed by atoms with E-state index in [-0.39, 0.29) is 16.0 Å². The number of nitrogens with one attached hydrogen (secondary N) is 1. The molecule has 0 saturated carbocycles. The van der Waals surface area contributed by atoms with Crippen LogP contribution >= 0.6 is 23.2 Å². The Morgan fingerprint density at radius 2 is 1.73 bits per heavy atom. The molecule has 26 heavy (non-hydrogen) atoms. The summed E-state index contributed by atoms with van der Waals surface area (Å²) >= 11 is 11.6. The predicted octanol–water partition coefficient (Wildman–Crippen LogP) is 3.78. The minimum Gasteiger partial charge on any atom is -0.348 e. The lowest BCUT2D eigenvalue weighted by atomic mass is 10.1. The number of halogens is 2. The number of aromatic nitrogens is 2. The van der Waals surface area contributed by atoms with E-state index in [9.17, 15) is 9.59 Å². The molecule has 0 bridgehead atoms. The Hall–Kier alpha value is -2.63. The molecule has 1 heterocycles. The second-order valence-corrected chi connectivity index (χ2v) is 6.52. The fraction of sp³-hybridized carbons (Fsp3) is 0.105. The summed E-state index contributed by atoms with van der Waals surface area (Å²) in [5.74, 6) is -0.202. The molecular weight excluding hydrogens is 373 g/mol. The number of amides is 1. The van der Waals surface area contributed by atoms with E-state index in [1.165, 1.54) is 11.8 Å². The number of hydrogen-bond acceptors (Lipinski definition) is 3. The predicted molar refractivity (Wildman–Crippen MR) is 102 cm³/mol. The van der Waals surface area contributed by atoms with Crippen LogP contribution in [0.3, 0.4) is 0 Å². The van der Waals surface area contributed by atoms with Crippen molar-refractivity contribution in [2.75, 3.05) is 0 Å². The molecule has 1 N–H and O–H groups in total. The summed E-state index contributed by atoms with van der Waals surface area (Å²) in [5.41, 5.74) is 2.64. The summed E-state index contributed by atoms with van der Waals surface area (Å²) < 4.78 is 1.13. The van der Waals surface area contributed by atoms with Crippen molar-refractivity contribution in [1.29, 1.82) is 0 Å². The molecule has 3 aromatic rings. The van der Waals surface area contributed by atoms with E-state index in [4.69, 9.17) is 23.2 Å². The van der Waals surface area contributed by atoms with Crippen molar-refractivity contribution in [3.05, 3.63) is 91.8 Å². The van der Waals surface area contributed by atoms with Crippen LogP contribution in [0.2, 0.25) is 10.0 Å². The lowest BCUT2D eigenvalue weighted by Crippen LogP contribution is -2.23. The molecule has 0 aliphatic carbocycles. The van der Waals surface area contributed by atoms with Crippen LogP contribution in [0.25, 0.3) is 5.69 Å². The number of hydrogen-bond donors (Lipinski definition) is 1. The van der Waals surface area contributed by atoms with Gasteiger partial charge >= 0.3 is 0 Å². The Bertz CT molecular complexity index is 997. The third-order valence-electron chi connectivity index (χ3n) is 3.82. The molecule has 3 rings (SSSR count). The van der Waals surface area contributed by atoms with Crippen molar-refractivity contribution in [3.8, 4) is 5.69 Å². The van der Waals surface area contributed by atoms with Crippen LogP contribution in [-0.4, -0.2) is 15.7 Å². The van der Waals surface area contributed by atoms with Gasteiger partial charge in [-0.05, 0) is 36.8 Å². The van der Waals surface area contributed by atoms with Gasteiger partial charge in [0.05, 0.1) is 16.9 Å². The third-order valence-corrected chi connectivity index (χ3v) is 4.57. The molecule has 0 saturated heterocycles. The van der Waals surface area contributed by atoms with E-state index in [2.05, 4.69) is 10.4 Å². The Balaban J connectivity index is 1.73. The minimum absolute atomic E-state index is 0.0958. The summed E-state index contributed by atoms with van der Waals surface area (Å²) in [7, 11) is 0. The number of aryl methyl sites for hydroxylation is 1. The molecule has 0 unspecified atom stereocenters. The first kappa shape index (κ1) is 18.2. The van der Waals surface area contributed by atoms with Crippen LogP contribution < -0.4 is 10.9 Å². The quantitative estimate of drug-likeness (QED) is 0.740. The molecule has 1 aromatic heterocycles. The van der Waals surface area contributed by atoms with Crippen LogP contribution in [-0.2, 0) is 6.54 Å². The van der Waals surface area contributed by atoms with Gasteiger partial charge in [0.25, 0.3) is 11.5 Å². The zero-order valence-corrected chi connectivity index (χ0v) is 15.4. The first-order valence-electron chi connectivity index (χ1n) is 7.83. The Morgan fingerprint density at radius 1 is 1.08 bits per heavy atom. The van der Waals surface area contributed by atoms with E-state index in [1.54, 1.807) is 24.3 Å². The van der Waals surface area contributed by atoms with Gasteiger partial charge in [-0.2, -0.15) is 9.78 Å². The Kier molecular flexibility index (Phi) is 5.40. The van der Waals surface area contributed by atoms with Gasteiger partial charge < -0.3 is 5.32 Å². The fourth-order valence-electron chi connectivity index (χ4n) is 2.34. The van der Waals surface area contributed by atoms with Gasteiger partial charge in [-0.15, -0.1) is 0 Å². The topological polar surface area (TPSA) is 64.0 Å². The molecular formula is C19H15Cl2N3O2. The fourth-order valence-corrected chi connectivity index (χ4v) is 2.59. The highest BCUT2D eigenvalue weighted by Gasteiger charge is 2.10. The van der Waals surface area contributed by atoms with Gasteiger partial charge in [0.2, 0.25) is 0 Å². The lowest BCUT2D eigenvalue weighted by Gasteiger charge is -2.08. The van der Waals surface area contributed by atoms with Gasteiger partial charge in [-0.3, -0.25) is 9.59 Å². The number of benzene rings is 2. The van der Waals surface area contributed by atoms with E-state index in [0.29, 0.717) is 17.8 Å². The van der Waals surface area contributed by atoms with Crippen molar-refractivity contribution in [2.45, 2.75) is 13.5 Å². The molecule has 1 amide bonds. The maximum Gasteiger partial charge on any atom is 0.291 e. The zero-order valence-electron chi connectivity index (χ0n) is 13.9. The SMILES string of the molecule is Cc1ccc(CNC(=O)c2ccc(-n3ncc(Cl)c(Cl)c3=O)cc2)cc1. The highest BCUT2D eigenvalue weighted by Crippen LogP contribution is 2.16. The Labute approximate surface area is 160 Å². The first-order chi connectivity index (χ1) is 12.5. The highest BCUT2D eigenvalue weighted by atomic mass is 35.5. The average molecular weight is 388 g/mol. The Morgan fingerprint density at radius 3 is 2.38 bits per heavy atom. The molecule has 0 fully saturated rings. The number of nitrogens with zero attached hydrogens (tertiary/aromatic N) is 2. The maximum absolute atomic E-state index is 12.3. The largest absolute Gasteiger partial charge is 0.348 e. The van der Waals surface area contributed by atoms with Crippen molar-refractivity contribution < 1.29 is 4.79 Å². The van der Waals surface area contributed by atoms with E-state index >= 15 is 0 Å². The van der Waals surface area contributed by atoms with Gasteiger partial charge in [-0.25, -0.2) is 0 Å². The van der Waals surface area contributed by atoms with Crippen LogP contribution in [0.4, 0.5) is 0 Å². The normalized spacial score (nSPS) is 10.6. The van der Waals surface area contributed by atoms with Crippen LogP contribution in [0.1, 0.15) is 21.5 Å². The summed E-state index contributed by atoms with van der Waals surface area (Å²) in [6, 6.07) is 14.4. The summed E-state index contributed by atoms with van der Waals surface area (Å²) in [6.45, 7) is 2.45. The van der Waals surface area contributed by atoms with Crippen molar-refractivity contribution >= 4 is 29.1 Å². The van der Waals surface area contributed by atoms with Crippen molar-refractivity contribution in [2.24, 2.45) is 0 Å². The molecule has 0 spiro atoms. The van der Waals surface area contributed by atoms with Crippen LogP contribution in [0, 0.1) is 6.92 Å². The molecule has 0 aliphatic rings. The molecule has 2 aromatic carbocycles. The first-order valence-corrected chi connectivity index (χ1v) is 8.59. The second kappa shape index (κ2) is 7.72. The molecule has 0 radical (unpaired) electrons. The van der Waals surface area contributed by atoms with Gasteiger partial charge in [0.15, 0.2) is 0 Å². The van der Waals surface area contributed by atoms with Gasteiger partial charge in [0.1, 0.15) is 5.02 Å². The number of carbonyl (C=O) groups excluding carboxylic acids is 1. The number of carbonyl (C=O) groups is 1. The van der Waals surface area contributed by atoms with Gasteiger partial charge in [0, 0.05) is 12.1 Å². The average Bonchev–Trinajstić information content (AvgIpc) is 2.66. The van der Waals surface area contributed by atoms with E-state index in [0.717, 1.165) is 10.2 Å². The second-order valence-electron chi connectivity index (χ2n) is 5.74. The van der Waals surface area contributed by atoms with E-state index < -0.39 is 5.56 Å². The standard InChI is InChI=1S/C19H15Cl2N3O2/c1-12-2-4-13(5-3-12)10-22-18(25)14-6-8-15(9-7-14)24-19(26)17(21)16(20)11-23-24/h2-9,11H,10H2,1H3,(H,22,25).